The highest BCUT2D eigenvalue weighted by Gasteiger charge is 2.29. The van der Waals surface area contributed by atoms with Crippen LogP contribution in [0.3, 0.4) is 0 Å². The van der Waals surface area contributed by atoms with Gasteiger partial charge in [-0.25, -0.2) is 9.97 Å². The van der Waals surface area contributed by atoms with Crippen LogP contribution in [-0.4, -0.2) is 89.2 Å². The third kappa shape index (κ3) is 7.42. The topological polar surface area (TPSA) is 72.9 Å². The Labute approximate surface area is 233 Å². The Morgan fingerprint density at radius 2 is 1.73 bits per heavy atom. The molecule has 0 bridgehead atoms. The number of carbonyl (C=O) groups excluding carboxylic acids is 2. The molecule has 3 heterocycles. The molecule has 0 radical (unpaired) electrons. The highest BCUT2D eigenvalue weighted by atomic mass is 35.5. The lowest BCUT2D eigenvalue weighted by Gasteiger charge is -2.40. The first-order chi connectivity index (χ1) is 17.7. The molecular formula is C26H34Cl2N6O2S. The Bertz CT molecular complexity index is 1110. The Kier molecular flexibility index (Phi) is 9.42. The summed E-state index contributed by atoms with van der Waals surface area (Å²) in [5, 5.41) is 1.55. The predicted molar refractivity (Wildman–Crippen MR) is 151 cm³/mol. The predicted octanol–water partition coefficient (Wildman–Crippen LogP) is 4.31. The number of anilines is 2. The largest absolute Gasteiger partial charge is 0.368 e. The summed E-state index contributed by atoms with van der Waals surface area (Å²) in [6.07, 6.45) is 0.564. The van der Waals surface area contributed by atoms with Crippen molar-refractivity contribution in [3.05, 3.63) is 40.5 Å². The van der Waals surface area contributed by atoms with E-state index in [0.29, 0.717) is 60.4 Å². The van der Waals surface area contributed by atoms with Crippen LogP contribution >= 0.6 is 35.0 Å². The van der Waals surface area contributed by atoms with Gasteiger partial charge in [-0.05, 0) is 31.0 Å². The smallest absolute Gasteiger partial charge is 0.233 e. The van der Waals surface area contributed by atoms with Crippen LogP contribution in [0.5, 0.6) is 0 Å². The van der Waals surface area contributed by atoms with Crippen molar-refractivity contribution in [2.45, 2.75) is 38.4 Å². The average molecular weight is 566 g/mol. The third-order valence-corrected chi connectivity index (χ3v) is 7.91. The SMILES string of the molecule is CC(C)CC(=O)N1CCN(c2cc(Cl)nc(SCC(=O)N3CCN(c4cccc(Cl)c4)CC3)n2)CC1C. The van der Waals surface area contributed by atoms with Crippen LogP contribution in [-0.2, 0) is 9.59 Å². The van der Waals surface area contributed by atoms with E-state index in [0.717, 1.165) is 24.6 Å². The zero-order chi connectivity index (χ0) is 26.5. The lowest BCUT2D eigenvalue weighted by Crippen LogP contribution is -2.54. The Morgan fingerprint density at radius 3 is 2.41 bits per heavy atom. The fourth-order valence-corrected chi connectivity index (χ4v) is 5.89. The van der Waals surface area contributed by atoms with Crippen LogP contribution in [0.1, 0.15) is 27.2 Å². The molecule has 11 heteroatoms. The molecule has 37 heavy (non-hydrogen) atoms. The zero-order valence-electron chi connectivity index (χ0n) is 21.6. The molecule has 200 valence electrons. The number of benzene rings is 1. The number of amides is 2. The van der Waals surface area contributed by atoms with Crippen LogP contribution in [0.15, 0.2) is 35.5 Å². The second kappa shape index (κ2) is 12.5. The van der Waals surface area contributed by atoms with Gasteiger partial charge in [-0.3, -0.25) is 9.59 Å². The summed E-state index contributed by atoms with van der Waals surface area (Å²) >= 11 is 13.8. The summed E-state index contributed by atoms with van der Waals surface area (Å²) < 4.78 is 0. The fraction of sp³-hybridized carbons (Fsp3) is 0.538. The molecule has 0 spiro atoms. The van der Waals surface area contributed by atoms with Gasteiger partial charge in [-0.1, -0.05) is 54.9 Å². The minimum absolute atomic E-state index is 0.0618. The number of piperazine rings is 2. The molecule has 1 aromatic heterocycles. The quantitative estimate of drug-likeness (QED) is 0.282. The van der Waals surface area contributed by atoms with Crippen molar-refractivity contribution < 1.29 is 9.59 Å². The second-order valence-electron chi connectivity index (χ2n) is 9.95. The zero-order valence-corrected chi connectivity index (χ0v) is 23.9. The number of hydrogen-bond acceptors (Lipinski definition) is 7. The Morgan fingerprint density at radius 1 is 1.00 bits per heavy atom. The number of rotatable bonds is 7. The molecule has 0 N–H and O–H groups in total. The number of nitrogens with zero attached hydrogens (tertiary/aromatic N) is 6. The molecule has 2 fully saturated rings. The molecule has 1 aromatic carbocycles. The van der Waals surface area contributed by atoms with Gasteiger partial charge in [0, 0.05) is 75.1 Å². The second-order valence-corrected chi connectivity index (χ2v) is 11.7. The minimum atomic E-state index is 0.0618. The van der Waals surface area contributed by atoms with Gasteiger partial charge in [0.1, 0.15) is 11.0 Å². The first-order valence-electron chi connectivity index (χ1n) is 12.7. The van der Waals surface area contributed by atoms with E-state index in [4.69, 9.17) is 23.2 Å². The van der Waals surface area contributed by atoms with Crippen LogP contribution in [0.4, 0.5) is 11.5 Å². The molecule has 1 unspecified atom stereocenters. The van der Waals surface area contributed by atoms with Gasteiger partial charge in [0.25, 0.3) is 0 Å². The van der Waals surface area contributed by atoms with E-state index in [1.807, 2.05) is 34.1 Å². The minimum Gasteiger partial charge on any atom is -0.368 e. The van der Waals surface area contributed by atoms with E-state index in [1.165, 1.54) is 11.8 Å². The van der Waals surface area contributed by atoms with Crippen molar-refractivity contribution in [3.63, 3.8) is 0 Å². The van der Waals surface area contributed by atoms with Crippen molar-refractivity contribution in [2.24, 2.45) is 5.92 Å². The van der Waals surface area contributed by atoms with Crippen LogP contribution in [0.25, 0.3) is 0 Å². The molecule has 4 rings (SSSR count). The lowest BCUT2D eigenvalue weighted by molar-refractivity contribution is -0.134. The molecule has 2 aliphatic heterocycles. The van der Waals surface area contributed by atoms with E-state index in [-0.39, 0.29) is 23.6 Å². The number of aromatic nitrogens is 2. The maximum absolute atomic E-state index is 12.9. The molecule has 2 aliphatic rings. The van der Waals surface area contributed by atoms with Crippen LogP contribution < -0.4 is 9.80 Å². The van der Waals surface area contributed by atoms with Crippen molar-refractivity contribution in [3.8, 4) is 0 Å². The van der Waals surface area contributed by atoms with Crippen LogP contribution in [0, 0.1) is 5.92 Å². The van der Waals surface area contributed by atoms with Gasteiger partial charge in [-0.2, -0.15) is 0 Å². The molecule has 2 amide bonds. The maximum atomic E-state index is 12.9. The summed E-state index contributed by atoms with van der Waals surface area (Å²) in [6.45, 7) is 11.0. The summed E-state index contributed by atoms with van der Waals surface area (Å²) in [7, 11) is 0. The summed E-state index contributed by atoms with van der Waals surface area (Å²) in [5.74, 6) is 1.59. The van der Waals surface area contributed by atoms with E-state index >= 15 is 0 Å². The van der Waals surface area contributed by atoms with E-state index < -0.39 is 0 Å². The number of hydrogen-bond donors (Lipinski definition) is 0. The maximum Gasteiger partial charge on any atom is 0.233 e. The van der Waals surface area contributed by atoms with Gasteiger partial charge in [0.2, 0.25) is 11.8 Å². The number of carbonyl (C=O) groups is 2. The molecule has 2 saturated heterocycles. The summed E-state index contributed by atoms with van der Waals surface area (Å²) in [6, 6.07) is 9.63. The van der Waals surface area contributed by atoms with Crippen molar-refractivity contribution in [1.82, 2.24) is 19.8 Å². The molecule has 0 aliphatic carbocycles. The van der Waals surface area contributed by atoms with Gasteiger partial charge < -0.3 is 19.6 Å². The highest BCUT2D eigenvalue weighted by molar-refractivity contribution is 7.99. The molecule has 1 atom stereocenters. The van der Waals surface area contributed by atoms with E-state index in [9.17, 15) is 9.59 Å². The van der Waals surface area contributed by atoms with E-state index in [2.05, 4.69) is 40.5 Å². The Balaban J connectivity index is 1.30. The number of halogens is 2. The lowest BCUT2D eigenvalue weighted by atomic mass is 10.1. The van der Waals surface area contributed by atoms with Gasteiger partial charge >= 0.3 is 0 Å². The van der Waals surface area contributed by atoms with Crippen LogP contribution in [0.2, 0.25) is 10.2 Å². The first-order valence-corrected chi connectivity index (χ1v) is 14.4. The van der Waals surface area contributed by atoms with Gasteiger partial charge in [0.15, 0.2) is 5.16 Å². The van der Waals surface area contributed by atoms with Gasteiger partial charge in [-0.15, -0.1) is 0 Å². The third-order valence-electron chi connectivity index (χ3n) is 6.65. The summed E-state index contributed by atoms with van der Waals surface area (Å²) in [4.78, 5) is 42.7. The van der Waals surface area contributed by atoms with Crippen molar-refractivity contribution >= 4 is 58.3 Å². The number of thioether (sulfide) groups is 1. The van der Waals surface area contributed by atoms with Crippen molar-refractivity contribution in [2.75, 3.05) is 61.4 Å². The first kappa shape index (κ1) is 27.8. The fourth-order valence-electron chi connectivity index (χ4n) is 4.72. The standard InChI is InChI=1S/C26H34Cl2N6O2S/c1-18(2)13-24(35)34-12-11-33(16-19(34)3)23-15-22(28)29-26(30-23)37-17-25(36)32-9-7-31(8-10-32)21-6-4-5-20(27)14-21/h4-6,14-15,18-19H,7-13,16-17H2,1-3H3. The molecule has 8 nitrogen and oxygen atoms in total. The monoisotopic (exact) mass is 564 g/mol. The normalized spacial score (nSPS) is 18.5. The van der Waals surface area contributed by atoms with Crippen molar-refractivity contribution in [1.29, 1.82) is 0 Å². The molecular weight excluding hydrogens is 531 g/mol. The molecule has 0 saturated carbocycles. The highest BCUT2D eigenvalue weighted by Crippen LogP contribution is 2.25. The van der Waals surface area contributed by atoms with Gasteiger partial charge in [0.05, 0.1) is 5.75 Å². The Hall–Kier alpha value is -2.23. The average Bonchev–Trinajstić information content (AvgIpc) is 2.86. The summed E-state index contributed by atoms with van der Waals surface area (Å²) in [5.41, 5.74) is 1.08. The van der Waals surface area contributed by atoms with E-state index in [1.54, 1.807) is 6.07 Å². The molecule has 2 aromatic rings.